The summed E-state index contributed by atoms with van der Waals surface area (Å²) in [6.07, 6.45) is 0.664. The molecule has 0 aliphatic carbocycles. The first-order chi connectivity index (χ1) is 10.4. The van der Waals surface area contributed by atoms with Crippen molar-refractivity contribution in [1.29, 1.82) is 0 Å². The largest absolute Gasteiger partial charge is 0.396 e. The molecule has 0 bridgehead atoms. The number of rotatable bonds is 6. The van der Waals surface area contributed by atoms with E-state index in [0.29, 0.717) is 32.6 Å². The number of hydrogen-bond donors (Lipinski definition) is 1. The summed E-state index contributed by atoms with van der Waals surface area (Å²) >= 11 is 0. The number of hydrogen-bond acceptors (Lipinski definition) is 6. The van der Waals surface area contributed by atoms with Gasteiger partial charge in [0.1, 0.15) is 0 Å². The van der Waals surface area contributed by atoms with Crippen LogP contribution in [0, 0.1) is 10.1 Å². The number of nitro groups is 1. The third-order valence-corrected chi connectivity index (χ3v) is 5.52. The number of non-ortho nitro benzene ring substituents is 1. The van der Waals surface area contributed by atoms with Crippen molar-refractivity contribution in [2.75, 3.05) is 39.3 Å². The van der Waals surface area contributed by atoms with E-state index in [0.717, 1.165) is 12.6 Å². The Bertz CT molecular complexity index is 626. The Morgan fingerprint density at radius 2 is 1.91 bits per heavy atom. The lowest BCUT2D eigenvalue weighted by Crippen LogP contribution is -2.48. The average Bonchev–Trinajstić information content (AvgIpc) is 2.53. The highest BCUT2D eigenvalue weighted by Gasteiger charge is 2.29. The molecule has 1 fully saturated rings. The average molecular weight is 329 g/mol. The molecule has 1 saturated heterocycles. The van der Waals surface area contributed by atoms with Crippen LogP contribution in [0.3, 0.4) is 0 Å². The second-order valence-corrected chi connectivity index (χ2v) is 7.02. The first-order valence-corrected chi connectivity index (χ1v) is 8.47. The van der Waals surface area contributed by atoms with E-state index < -0.39 is 14.9 Å². The Labute approximate surface area is 129 Å². The van der Waals surface area contributed by atoms with Crippen LogP contribution < -0.4 is 0 Å². The molecule has 0 aromatic heterocycles. The Morgan fingerprint density at radius 1 is 1.23 bits per heavy atom. The van der Waals surface area contributed by atoms with Crippen LogP contribution in [0.5, 0.6) is 0 Å². The van der Waals surface area contributed by atoms with Gasteiger partial charge in [-0.05, 0) is 12.5 Å². The van der Waals surface area contributed by atoms with Gasteiger partial charge in [-0.15, -0.1) is 0 Å². The Morgan fingerprint density at radius 3 is 2.50 bits per heavy atom. The van der Waals surface area contributed by atoms with Crippen molar-refractivity contribution in [3.63, 3.8) is 0 Å². The van der Waals surface area contributed by atoms with Gasteiger partial charge in [0.25, 0.3) is 5.69 Å². The molecular formula is C13H19N3O5S. The summed E-state index contributed by atoms with van der Waals surface area (Å²) in [4.78, 5) is 12.2. The molecule has 0 amide bonds. The summed E-state index contributed by atoms with van der Waals surface area (Å²) in [6, 6.07) is 5.11. The molecular weight excluding hydrogens is 310 g/mol. The number of aliphatic hydroxyl groups is 1. The monoisotopic (exact) mass is 329 g/mol. The smallest absolute Gasteiger partial charge is 0.270 e. The van der Waals surface area contributed by atoms with Crippen molar-refractivity contribution in [3.8, 4) is 0 Å². The molecule has 0 saturated carbocycles. The van der Waals surface area contributed by atoms with Crippen LogP contribution in [0.4, 0.5) is 5.69 Å². The fourth-order valence-corrected chi connectivity index (χ4v) is 3.86. The molecule has 1 heterocycles. The van der Waals surface area contributed by atoms with Crippen LogP contribution in [0.2, 0.25) is 0 Å². The molecule has 0 unspecified atom stereocenters. The lowest BCUT2D eigenvalue weighted by atomic mass is 10.3. The van der Waals surface area contributed by atoms with Crippen LogP contribution in [0.15, 0.2) is 29.2 Å². The number of aliphatic hydroxyl groups excluding tert-OH is 1. The molecule has 0 spiro atoms. The minimum atomic E-state index is -3.71. The van der Waals surface area contributed by atoms with Crippen molar-refractivity contribution < 1.29 is 18.4 Å². The summed E-state index contributed by atoms with van der Waals surface area (Å²) in [7, 11) is -3.71. The predicted molar refractivity (Wildman–Crippen MR) is 80.0 cm³/mol. The number of benzene rings is 1. The molecule has 0 atom stereocenters. The first-order valence-electron chi connectivity index (χ1n) is 7.03. The summed E-state index contributed by atoms with van der Waals surface area (Å²) in [5.74, 6) is 0. The topological polar surface area (TPSA) is 104 Å². The molecule has 9 heteroatoms. The number of nitro benzene ring substituents is 1. The van der Waals surface area contributed by atoms with E-state index in [1.807, 2.05) is 0 Å². The second kappa shape index (κ2) is 7.14. The van der Waals surface area contributed by atoms with E-state index in [4.69, 9.17) is 5.11 Å². The number of piperazine rings is 1. The zero-order chi connectivity index (χ0) is 16.2. The third-order valence-electron chi connectivity index (χ3n) is 3.63. The third kappa shape index (κ3) is 3.80. The normalized spacial score (nSPS) is 17.5. The summed E-state index contributed by atoms with van der Waals surface area (Å²) in [6.45, 7) is 2.72. The molecule has 0 radical (unpaired) electrons. The van der Waals surface area contributed by atoms with E-state index >= 15 is 0 Å². The van der Waals surface area contributed by atoms with Gasteiger partial charge in [-0.25, -0.2) is 8.42 Å². The zero-order valence-corrected chi connectivity index (χ0v) is 12.9. The maximum absolute atomic E-state index is 12.5. The number of sulfonamides is 1. The summed E-state index contributed by atoms with van der Waals surface area (Å²) < 4.78 is 26.4. The molecule has 122 valence electrons. The van der Waals surface area contributed by atoms with Gasteiger partial charge >= 0.3 is 0 Å². The minimum Gasteiger partial charge on any atom is -0.396 e. The van der Waals surface area contributed by atoms with Gasteiger partial charge in [-0.2, -0.15) is 4.31 Å². The van der Waals surface area contributed by atoms with E-state index in [-0.39, 0.29) is 17.2 Å². The van der Waals surface area contributed by atoms with Gasteiger partial charge in [-0.1, -0.05) is 6.07 Å². The van der Waals surface area contributed by atoms with Gasteiger partial charge < -0.3 is 10.0 Å². The summed E-state index contributed by atoms with van der Waals surface area (Å²) in [5, 5.41) is 19.6. The van der Waals surface area contributed by atoms with Crippen molar-refractivity contribution >= 4 is 15.7 Å². The predicted octanol–water partition coefficient (Wildman–Crippen LogP) is 0.283. The fraction of sp³-hybridized carbons (Fsp3) is 0.538. The highest BCUT2D eigenvalue weighted by molar-refractivity contribution is 7.89. The lowest BCUT2D eigenvalue weighted by Gasteiger charge is -2.33. The van der Waals surface area contributed by atoms with Gasteiger partial charge in [0.2, 0.25) is 10.0 Å². The first kappa shape index (κ1) is 16.8. The maximum Gasteiger partial charge on any atom is 0.270 e. The van der Waals surface area contributed by atoms with Gasteiger partial charge in [0.15, 0.2) is 0 Å². The minimum absolute atomic E-state index is 0.0505. The number of nitrogens with zero attached hydrogens (tertiary/aromatic N) is 3. The molecule has 8 nitrogen and oxygen atoms in total. The van der Waals surface area contributed by atoms with Gasteiger partial charge in [0.05, 0.1) is 9.82 Å². The summed E-state index contributed by atoms with van der Waals surface area (Å²) in [5.41, 5.74) is -0.234. The van der Waals surface area contributed by atoms with Crippen molar-refractivity contribution in [2.45, 2.75) is 11.3 Å². The van der Waals surface area contributed by atoms with Crippen LogP contribution in [-0.4, -0.2) is 67.0 Å². The van der Waals surface area contributed by atoms with Crippen LogP contribution in [0.25, 0.3) is 0 Å². The Balaban J connectivity index is 2.08. The molecule has 2 rings (SSSR count). The van der Waals surface area contributed by atoms with Crippen LogP contribution in [0.1, 0.15) is 6.42 Å². The second-order valence-electron chi connectivity index (χ2n) is 5.08. The standard InChI is InChI=1S/C13H19N3O5S/c17-10-2-5-14-6-8-15(9-7-14)22(20,21)13-4-1-3-12(11-13)16(18)19/h1,3-4,11,17H,2,5-10H2. The molecule has 1 N–H and O–H groups in total. The van der Waals surface area contributed by atoms with E-state index in [1.165, 1.54) is 22.5 Å². The Hall–Kier alpha value is -1.55. The highest BCUT2D eigenvalue weighted by Crippen LogP contribution is 2.22. The molecule has 1 aliphatic heterocycles. The Kier molecular flexibility index (Phi) is 5.46. The quantitative estimate of drug-likeness (QED) is 0.594. The lowest BCUT2D eigenvalue weighted by molar-refractivity contribution is -0.385. The zero-order valence-electron chi connectivity index (χ0n) is 12.1. The maximum atomic E-state index is 12.5. The van der Waals surface area contributed by atoms with E-state index in [9.17, 15) is 18.5 Å². The van der Waals surface area contributed by atoms with Crippen LogP contribution in [-0.2, 0) is 10.0 Å². The molecule has 22 heavy (non-hydrogen) atoms. The van der Waals surface area contributed by atoms with E-state index in [1.54, 1.807) is 0 Å². The molecule has 1 aromatic rings. The van der Waals surface area contributed by atoms with Crippen molar-refractivity contribution in [3.05, 3.63) is 34.4 Å². The fourth-order valence-electron chi connectivity index (χ4n) is 2.39. The highest BCUT2D eigenvalue weighted by atomic mass is 32.2. The van der Waals surface area contributed by atoms with Crippen LogP contribution >= 0.6 is 0 Å². The van der Waals surface area contributed by atoms with Crippen molar-refractivity contribution in [2.24, 2.45) is 0 Å². The van der Waals surface area contributed by atoms with Crippen molar-refractivity contribution in [1.82, 2.24) is 9.21 Å². The van der Waals surface area contributed by atoms with Gasteiger partial charge in [-0.3, -0.25) is 10.1 Å². The van der Waals surface area contributed by atoms with Gasteiger partial charge in [0, 0.05) is 51.5 Å². The van der Waals surface area contributed by atoms with E-state index in [2.05, 4.69) is 4.90 Å². The molecule has 1 aliphatic rings. The SMILES string of the molecule is O=[N+]([O-])c1cccc(S(=O)(=O)N2CCN(CCCO)CC2)c1. The molecule has 1 aromatic carbocycles.